The van der Waals surface area contributed by atoms with E-state index in [0.717, 1.165) is 0 Å². The third-order valence-corrected chi connectivity index (χ3v) is 2.60. The van der Waals surface area contributed by atoms with Gasteiger partial charge in [0.05, 0.1) is 18.2 Å². The summed E-state index contributed by atoms with van der Waals surface area (Å²) in [6, 6.07) is 15.3. The van der Waals surface area contributed by atoms with Gasteiger partial charge in [-0.2, -0.15) is 5.26 Å². The van der Waals surface area contributed by atoms with E-state index in [9.17, 15) is 4.79 Å². The van der Waals surface area contributed by atoms with Gasteiger partial charge in [0.1, 0.15) is 17.1 Å². The molecule has 0 saturated carbocycles. The summed E-state index contributed by atoms with van der Waals surface area (Å²) in [6.45, 7) is 2.32. The van der Waals surface area contributed by atoms with E-state index in [0.29, 0.717) is 29.2 Å². The molecule has 20 heavy (non-hydrogen) atoms. The zero-order chi connectivity index (χ0) is 14.4. The first kappa shape index (κ1) is 13.6. The van der Waals surface area contributed by atoms with Crippen molar-refractivity contribution in [1.29, 1.82) is 5.26 Å². The van der Waals surface area contributed by atoms with Gasteiger partial charge in [-0.15, -0.1) is 0 Å². The van der Waals surface area contributed by atoms with Crippen LogP contribution in [0.3, 0.4) is 0 Å². The molecule has 2 aromatic rings. The van der Waals surface area contributed by atoms with Crippen molar-refractivity contribution in [2.75, 3.05) is 6.61 Å². The predicted molar refractivity (Wildman–Crippen MR) is 73.7 cm³/mol. The Morgan fingerprint density at radius 3 is 2.50 bits per heavy atom. The molecular weight excluding hydrogens is 254 g/mol. The fourth-order valence-electron chi connectivity index (χ4n) is 1.68. The Morgan fingerprint density at radius 1 is 1.15 bits per heavy atom. The van der Waals surface area contributed by atoms with E-state index in [2.05, 4.69) is 0 Å². The fourth-order valence-corrected chi connectivity index (χ4v) is 1.68. The predicted octanol–water partition coefficient (Wildman–Crippen LogP) is 3.18. The number of carbonyl (C=O) groups excluding carboxylic acids is 1. The molecule has 0 unspecified atom stereocenters. The third-order valence-electron chi connectivity index (χ3n) is 2.60. The van der Waals surface area contributed by atoms with Gasteiger partial charge in [0.25, 0.3) is 0 Å². The molecule has 0 atom stereocenters. The second-order valence-electron chi connectivity index (χ2n) is 3.95. The first-order valence-electron chi connectivity index (χ1n) is 6.18. The van der Waals surface area contributed by atoms with Crippen LogP contribution in [0, 0.1) is 11.3 Å². The molecule has 0 N–H and O–H groups in total. The highest BCUT2D eigenvalue weighted by Gasteiger charge is 2.14. The lowest BCUT2D eigenvalue weighted by Gasteiger charge is -2.09. The van der Waals surface area contributed by atoms with E-state index in [1.807, 2.05) is 13.0 Å². The molecule has 0 aliphatic carbocycles. The monoisotopic (exact) mass is 267 g/mol. The van der Waals surface area contributed by atoms with Crippen LogP contribution in [0.2, 0.25) is 0 Å². The van der Waals surface area contributed by atoms with E-state index >= 15 is 0 Å². The number of ether oxygens (including phenoxy) is 2. The summed E-state index contributed by atoms with van der Waals surface area (Å²) in [5.41, 5.74) is 0.887. The van der Waals surface area contributed by atoms with E-state index in [1.54, 1.807) is 48.5 Å². The first-order chi connectivity index (χ1) is 9.74. The molecule has 4 nitrogen and oxygen atoms in total. The molecule has 0 saturated heterocycles. The minimum absolute atomic E-state index is 0.374. The normalized spacial score (nSPS) is 9.60. The Morgan fingerprint density at radius 2 is 1.85 bits per heavy atom. The quantitative estimate of drug-likeness (QED) is 0.630. The van der Waals surface area contributed by atoms with Gasteiger partial charge < -0.3 is 9.47 Å². The SMILES string of the molecule is CCOc1ccccc1C(=O)Oc1ccc(C#N)cc1. The summed E-state index contributed by atoms with van der Waals surface area (Å²) >= 11 is 0. The highest BCUT2D eigenvalue weighted by molar-refractivity contribution is 5.93. The van der Waals surface area contributed by atoms with E-state index in [-0.39, 0.29) is 0 Å². The van der Waals surface area contributed by atoms with Gasteiger partial charge in [0, 0.05) is 0 Å². The molecule has 0 heterocycles. The lowest BCUT2D eigenvalue weighted by molar-refractivity contribution is 0.0730. The summed E-state index contributed by atoms with van der Waals surface area (Å²) in [5, 5.41) is 8.71. The van der Waals surface area contributed by atoms with Gasteiger partial charge in [-0.3, -0.25) is 0 Å². The molecule has 4 heteroatoms. The molecule has 2 rings (SSSR count). The Bertz CT molecular complexity index is 642. The van der Waals surface area contributed by atoms with Crippen LogP contribution in [-0.4, -0.2) is 12.6 Å². The van der Waals surface area contributed by atoms with Crippen LogP contribution in [0.1, 0.15) is 22.8 Å². The van der Waals surface area contributed by atoms with Gasteiger partial charge in [0.15, 0.2) is 0 Å². The van der Waals surface area contributed by atoms with E-state index in [1.165, 1.54) is 0 Å². The number of nitrogens with zero attached hydrogens (tertiary/aromatic N) is 1. The second-order valence-corrected chi connectivity index (χ2v) is 3.95. The maximum Gasteiger partial charge on any atom is 0.347 e. The number of hydrogen-bond acceptors (Lipinski definition) is 4. The molecule has 0 bridgehead atoms. The fraction of sp³-hybridized carbons (Fsp3) is 0.125. The van der Waals surface area contributed by atoms with Crippen LogP contribution in [0.5, 0.6) is 11.5 Å². The van der Waals surface area contributed by atoms with Crippen LogP contribution in [-0.2, 0) is 0 Å². The number of para-hydroxylation sites is 1. The molecule has 2 aromatic carbocycles. The molecule has 0 fully saturated rings. The summed E-state index contributed by atoms with van der Waals surface area (Å²) in [6.07, 6.45) is 0. The summed E-state index contributed by atoms with van der Waals surface area (Å²) in [7, 11) is 0. The van der Waals surface area contributed by atoms with Crippen molar-refractivity contribution < 1.29 is 14.3 Å². The Hall–Kier alpha value is -2.80. The first-order valence-corrected chi connectivity index (χ1v) is 6.18. The number of benzene rings is 2. The van der Waals surface area contributed by atoms with Crippen LogP contribution in [0.15, 0.2) is 48.5 Å². The zero-order valence-electron chi connectivity index (χ0n) is 11.0. The molecule has 0 spiro atoms. The van der Waals surface area contributed by atoms with Gasteiger partial charge in [-0.05, 0) is 43.3 Å². The van der Waals surface area contributed by atoms with Crippen LogP contribution in [0.4, 0.5) is 0 Å². The van der Waals surface area contributed by atoms with Crippen molar-refractivity contribution in [2.24, 2.45) is 0 Å². The number of nitriles is 1. The maximum atomic E-state index is 12.1. The largest absolute Gasteiger partial charge is 0.493 e. The summed E-state index contributed by atoms with van der Waals surface area (Å²) in [5.74, 6) is 0.396. The Balaban J connectivity index is 2.17. The topological polar surface area (TPSA) is 59.3 Å². The molecule has 0 radical (unpaired) electrons. The number of rotatable bonds is 4. The molecule has 0 aliphatic heterocycles. The van der Waals surface area contributed by atoms with Crippen LogP contribution >= 0.6 is 0 Å². The van der Waals surface area contributed by atoms with Gasteiger partial charge in [0.2, 0.25) is 0 Å². The molecule has 0 aliphatic rings. The second kappa shape index (κ2) is 6.39. The molecular formula is C16H13NO3. The van der Waals surface area contributed by atoms with Gasteiger partial charge in [-0.25, -0.2) is 4.79 Å². The Kier molecular flexibility index (Phi) is 4.35. The summed E-state index contributed by atoms with van der Waals surface area (Å²) < 4.78 is 10.6. The van der Waals surface area contributed by atoms with Crippen LogP contribution in [0.25, 0.3) is 0 Å². The van der Waals surface area contributed by atoms with E-state index < -0.39 is 5.97 Å². The van der Waals surface area contributed by atoms with Crippen molar-refractivity contribution >= 4 is 5.97 Å². The molecule has 0 aromatic heterocycles. The highest BCUT2D eigenvalue weighted by atomic mass is 16.5. The van der Waals surface area contributed by atoms with Crippen molar-refractivity contribution in [3.8, 4) is 17.6 Å². The lowest BCUT2D eigenvalue weighted by atomic mass is 10.2. The van der Waals surface area contributed by atoms with E-state index in [4.69, 9.17) is 14.7 Å². The minimum atomic E-state index is -0.487. The number of carbonyl (C=O) groups is 1. The number of esters is 1. The van der Waals surface area contributed by atoms with Crippen molar-refractivity contribution in [3.05, 3.63) is 59.7 Å². The summed E-state index contributed by atoms with van der Waals surface area (Å²) in [4.78, 5) is 12.1. The number of hydrogen-bond donors (Lipinski definition) is 0. The van der Waals surface area contributed by atoms with Crippen molar-refractivity contribution in [3.63, 3.8) is 0 Å². The molecule has 100 valence electrons. The average molecular weight is 267 g/mol. The van der Waals surface area contributed by atoms with Gasteiger partial charge >= 0.3 is 5.97 Å². The van der Waals surface area contributed by atoms with Crippen LogP contribution < -0.4 is 9.47 Å². The maximum absolute atomic E-state index is 12.1. The van der Waals surface area contributed by atoms with Gasteiger partial charge in [-0.1, -0.05) is 12.1 Å². The highest BCUT2D eigenvalue weighted by Crippen LogP contribution is 2.21. The average Bonchev–Trinajstić information content (AvgIpc) is 2.49. The lowest BCUT2D eigenvalue weighted by Crippen LogP contribution is -2.10. The minimum Gasteiger partial charge on any atom is -0.493 e. The van der Waals surface area contributed by atoms with Crippen molar-refractivity contribution in [1.82, 2.24) is 0 Å². The molecule has 0 amide bonds. The Labute approximate surface area is 117 Å². The smallest absolute Gasteiger partial charge is 0.347 e. The van der Waals surface area contributed by atoms with Crippen molar-refractivity contribution in [2.45, 2.75) is 6.92 Å². The standard InChI is InChI=1S/C16H13NO3/c1-2-19-15-6-4-3-5-14(15)16(18)20-13-9-7-12(11-17)8-10-13/h3-10H,2H2,1H3. The zero-order valence-corrected chi connectivity index (χ0v) is 11.0. The third kappa shape index (κ3) is 3.15.